The van der Waals surface area contributed by atoms with Gasteiger partial charge in [0.05, 0.1) is 12.8 Å². The van der Waals surface area contributed by atoms with Crippen molar-refractivity contribution in [1.29, 1.82) is 0 Å². The van der Waals surface area contributed by atoms with E-state index in [9.17, 15) is 9.59 Å². The van der Waals surface area contributed by atoms with Crippen molar-refractivity contribution >= 4 is 17.6 Å². The van der Waals surface area contributed by atoms with Gasteiger partial charge in [0.1, 0.15) is 5.75 Å². The summed E-state index contributed by atoms with van der Waals surface area (Å²) in [6.45, 7) is 1.11. The molecular weight excluding hydrogens is 352 g/mol. The molecule has 0 aliphatic carbocycles. The molecule has 0 aromatic heterocycles. The van der Waals surface area contributed by atoms with Crippen LogP contribution in [0.4, 0.5) is 0 Å². The number of benzene rings is 2. The van der Waals surface area contributed by atoms with Gasteiger partial charge in [0, 0.05) is 0 Å². The van der Waals surface area contributed by atoms with E-state index in [0.29, 0.717) is 23.0 Å². The Labute approximate surface area is 156 Å². The van der Waals surface area contributed by atoms with Crippen molar-refractivity contribution in [3.05, 3.63) is 54.1 Å². The molecule has 8 nitrogen and oxygen atoms in total. The van der Waals surface area contributed by atoms with Crippen LogP contribution in [-0.4, -0.2) is 43.0 Å². The number of hydrazone groups is 1. The zero-order valence-corrected chi connectivity index (χ0v) is 15.0. The molecule has 27 heavy (non-hydrogen) atoms. The van der Waals surface area contributed by atoms with Gasteiger partial charge in [-0.2, -0.15) is 5.10 Å². The minimum atomic E-state index is -1.05. The van der Waals surface area contributed by atoms with Crippen molar-refractivity contribution in [2.75, 3.05) is 20.3 Å². The SMILES string of the molecule is COc1ccccc1OCC(=O)N/N=C(/C)c1ccc(OCC(=O)O)cc1. The van der Waals surface area contributed by atoms with E-state index in [1.165, 1.54) is 7.11 Å². The van der Waals surface area contributed by atoms with E-state index >= 15 is 0 Å². The summed E-state index contributed by atoms with van der Waals surface area (Å²) in [6.07, 6.45) is 0. The van der Waals surface area contributed by atoms with E-state index in [2.05, 4.69) is 10.5 Å². The van der Waals surface area contributed by atoms with Gasteiger partial charge in [0.15, 0.2) is 24.7 Å². The Bertz CT molecular complexity index is 817. The molecule has 8 heteroatoms. The van der Waals surface area contributed by atoms with Gasteiger partial charge in [-0.1, -0.05) is 12.1 Å². The average molecular weight is 372 g/mol. The largest absolute Gasteiger partial charge is 0.493 e. The van der Waals surface area contributed by atoms with Crippen LogP contribution >= 0.6 is 0 Å². The highest BCUT2D eigenvalue weighted by molar-refractivity contribution is 5.99. The highest BCUT2D eigenvalue weighted by Gasteiger charge is 2.07. The van der Waals surface area contributed by atoms with Gasteiger partial charge >= 0.3 is 5.97 Å². The summed E-state index contributed by atoms with van der Waals surface area (Å²) in [5, 5.41) is 12.6. The number of carboxylic acid groups (broad SMARTS) is 1. The van der Waals surface area contributed by atoms with Crippen LogP contribution in [-0.2, 0) is 9.59 Å². The van der Waals surface area contributed by atoms with Crippen LogP contribution in [0.2, 0.25) is 0 Å². The number of nitrogens with one attached hydrogen (secondary N) is 1. The quantitative estimate of drug-likeness (QED) is 0.516. The lowest BCUT2D eigenvalue weighted by atomic mass is 10.1. The lowest BCUT2D eigenvalue weighted by Crippen LogP contribution is -2.25. The molecule has 2 rings (SSSR count). The Hall–Kier alpha value is -3.55. The van der Waals surface area contributed by atoms with Crippen LogP contribution in [0.25, 0.3) is 0 Å². The first-order valence-electron chi connectivity index (χ1n) is 8.03. The molecule has 0 saturated heterocycles. The molecule has 2 aromatic rings. The minimum Gasteiger partial charge on any atom is -0.493 e. The molecule has 2 N–H and O–H groups in total. The maximum atomic E-state index is 11.9. The first-order chi connectivity index (χ1) is 13.0. The third kappa shape index (κ3) is 6.35. The number of amides is 1. The van der Waals surface area contributed by atoms with Gasteiger partial charge in [-0.25, -0.2) is 10.2 Å². The second-order valence-corrected chi connectivity index (χ2v) is 5.38. The summed E-state index contributed by atoms with van der Waals surface area (Å²) in [5.74, 6) is -0.0253. The van der Waals surface area contributed by atoms with Crippen LogP contribution in [0.1, 0.15) is 12.5 Å². The summed E-state index contributed by atoms with van der Waals surface area (Å²) in [4.78, 5) is 22.4. The number of hydrogen-bond donors (Lipinski definition) is 2. The Morgan fingerprint density at radius 2 is 1.67 bits per heavy atom. The number of hydrogen-bond acceptors (Lipinski definition) is 6. The molecule has 0 atom stereocenters. The molecule has 2 aromatic carbocycles. The Morgan fingerprint density at radius 3 is 2.30 bits per heavy atom. The van der Waals surface area contributed by atoms with Crippen molar-refractivity contribution < 1.29 is 28.9 Å². The highest BCUT2D eigenvalue weighted by Crippen LogP contribution is 2.25. The van der Waals surface area contributed by atoms with Crippen molar-refractivity contribution in [2.45, 2.75) is 6.92 Å². The predicted molar refractivity (Wildman–Crippen MR) is 98.4 cm³/mol. The number of aliphatic carboxylic acids is 1. The van der Waals surface area contributed by atoms with Crippen LogP contribution in [0.3, 0.4) is 0 Å². The van der Waals surface area contributed by atoms with E-state index in [1.54, 1.807) is 55.5 Å². The van der Waals surface area contributed by atoms with Gasteiger partial charge in [0.25, 0.3) is 5.91 Å². The van der Waals surface area contributed by atoms with E-state index in [-0.39, 0.29) is 6.61 Å². The molecule has 0 heterocycles. The third-order valence-corrected chi connectivity index (χ3v) is 3.41. The van der Waals surface area contributed by atoms with Crippen LogP contribution < -0.4 is 19.6 Å². The van der Waals surface area contributed by atoms with Gasteiger partial charge in [-0.3, -0.25) is 4.79 Å². The zero-order chi connectivity index (χ0) is 19.6. The first-order valence-corrected chi connectivity index (χ1v) is 8.03. The zero-order valence-electron chi connectivity index (χ0n) is 15.0. The Kier molecular flexibility index (Phi) is 7.18. The number of methoxy groups -OCH3 is 1. The van der Waals surface area contributed by atoms with Crippen LogP contribution in [0.5, 0.6) is 17.2 Å². The number of carbonyl (C=O) groups is 2. The normalized spacial score (nSPS) is 10.8. The molecule has 0 aliphatic heterocycles. The standard InChI is InChI=1S/C19H20N2O6/c1-13(14-7-9-15(10-8-14)26-12-19(23)24)20-21-18(22)11-27-17-6-4-3-5-16(17)25-2/h3-10H,11-12H2,1-2H3,(H,21,22)(H,23,24)/b20-13-. The van der Waals surface area contributed by atoms with Gasteiger partial charge < -0.3 is 19.3 Å². The number of carboxylic acids is 1. The summed E-state index contributed by atoms with van der Waals surface area (Å²) in [6, 6.07) is 13.7. The molecular formula is C19H20N2O6. The number of carbonyl (C=O) groups excluding carboxylic acids is 1. The fraction of sp³-hybridized carbons (Fsp3) is 0.211. The summed E-state index contributed by atoms with van der Waals surface area (Å²) >= 11 is 0. The van der Waals surface area contributed by atoms with E-state index in [1.807, 2.05) is 0 Å². The van der Waals surface area contributed by atoms with Crippen LogP contribution in [0.15, 0.2) is 53.6 Å². The molecule has 0 bridgehead atoms. The van der Waals surface area contributed by atoms with Gasteiger partial charge in [-0.15, -0.1) is 0 Å². The molecule has 0 unspecified atom stereocenters. The number of rotatable bonds is 9. The highest BCUT2D eigenvalue weighted by atomic mass is 16.5. The molecule has 0 saturated carbocycles. The van der Waals surface area contributed by atoms with Crippen molar-refractivity contribution in [1.82, 2.24) is 5.43 Å². The smallest absolute Gasteiger partial charge is 0.341 e. The lowest BCUT2D eigenvalue weighted by molar-refractivity contribution is -0.139. The molecule has 0 radical (unpaired) electrons. The van der Waals surface area contributed by atoms with Crippen molar-refractivity contribution in [3.63, 3.8) is 0 Å². The van der Waals surface area contributed by atoms with Gasteiger partial charge in [0.2, 0.25) is 0 Å². The molecule has 0 spiro atoms. The second-order valence-electron chi connectivity index (χ2n) is 5.38. The Morgan fingerprint density at radius 1 is 1.00 bits per heavy atom. The van der Waals surface area contributed by atoms with E-state index in [4.69, 9.17) is 19.3 Å². The second kappa shape index (κ2) is 9.81. The maximum absolute atomic E-state index is 11.9. The maximum Gasteiger partial charge on any atom is 0.341 e. The average Bonchev–Trinajstić information content (AvgIpc) is 2.69. The summed E-state index contributed by atoms with van der Waals surface area (Å²) in [5.41, 5.74) is 3.75. The fourth-order valence-electron chi connectivity index (χ4n) is 2.06. The molecule has 0 aliphatic rings. The number of ether oxygens (including phenoxy) is 3. The van der Waals surface area contributed by atoms with Crippen LogP contribution in [0, 0.1) is 0 Å². The van der Waals surface area contributed by atoms with E-state index < -0.39 is 18.5 Å². The van der Waals surface area contributed by atoms with Gasteiger partial charge in [-0.05, 0) is 48.9 Å². The lowest BCUT2D eigenvalue weighted by Gasteiger charge is -2.09. The third-order valence-electron chi connectivity index (χ3n) is 3.41. The summed E-state index contributed by atoms with van der Waals surface area (Å²) < 4.78 is 15.6. The fourth-order valence-corrected chi connectivity index (χ4v) is 2.06. The topological polar surface area (TPSA) is 106 Å². The van der Waals surface area contributed by atoms with Crippen molar-refractivity contribution in [3.8, 4) is 17.2 Å². The number of para-hydroxylation sites is 2. The monoisotopic (exact) mass is 372 g/mol. The summed E-state index contributed by atoms with van der Waals surface area (Å²) in [7, 11) is 1.52. The van der Waals surface area contributed by atoms with Crippen molar-refractivity contribution in [2.24, 2.45) is 5.10 Å². The first kappa shape index (κ1) is 19.8. The Balaban J connectivity index is 1.86. The number of nitrogens with zero attached hydrogens (tertiary/aromatic N) is 1. The molecule has 0 fully saturated rings. The molecule has 142 valence electrons. The minimum absolute atomic E-state index is 0.209. The predicted octanol–water partition coefficient (Wildman–Crippen LogP) is 2.08. The van der Waals surface area contributed by atoms with E-state index in [0.717, 1.165) is 5.56 Å². The molecule has 1 amide bonds.